The first-order valence-electron chi connectivity index (χ1n) is 5.06. The molecular weight excluding hydrogens is 198 g/mol. The van der Waals surface area contributed by atoms with E-state index in [0.717, 1.165) is 11.4 Å². The summed E-state index contributed by atoms with van der Waals surface area (Å²) in [5, 5.41) is 0. The lowest BCUT2D eigenvalue weighted by molar-refractivity contribution is -0.464. The monoisotopic (exact) mass is 219 g/mol. The van der Waals surface area contributed by atoms with Crippen LogP contribution < -0.4 is 0 Å². The van der Waals surface area contributed by atoms with Gasteiger partial charge in [-0.05, 0) is 0 Å². The number of allylic oxidation sites excluding steroid dienone is 2. The van der Waals surface area contributed by atoms with Crippen LogP contribution in [0.2, 0.25) is 0 Å². The van der Waals surface area contributed by atoms with Crippen LogP contribution >= 0.6 is 0 Å². The highest BCUT2D eigenvalue weighted by atomic mass is 19.1. The Hall–Kier alpha value is -0.930. The molecule has 15 heavy (non-hydrogen) atoms. The molecular formula is C11H21F2N2+. The number of nitrogens with zero attached hydrogens (tertiary/aromatic N) is 2. The molecule has 0 aliphatic rings. The van der Waals surface area contributed by atoms with Crippen molar-refractivity contribution in [3.8, 4) is 0 Å². The molecule has 0 aromatic carbocycles. The van der Waals surface area contributed by atoms with Crippen LogP contribution in [-0.4, -0.2) is 56.7 Å². The zero-order valence-electron chi connectivity index (χ0n) is 10.1. The Labute approximate surface area is 90.9 Å². The lowest BCUT2D eigenvalue weighted by Gasteiger charge is -2.15. The lowest BCUT2D eigenvalue weighted by atomic mass is 10.2. The van der Waals surface area contributed by atoms with Gasteiger partial charge in [0.25, 0.3) is 0 Å². The fourth-order valence-corrected chi connectivity index (χ4v) is 1.24. The average Bonchev–Trinajstić information content (AvgIpc) is 2.15. The predicted octanol–water partition coefficient (Wildman–Crippen LogP) is 1.86. The van der Waals surface area contributed by atoms with Gasteiger partial charge in [-0.3, -0.25) is 8.78 Å². The van der Waals surface area contributed by atoms with Crippen molar-refractivity contribution >= 4 is 5.71 Å². The highest BCUT2D eigenvalue weighted by Crippen LogP contribution is 2.06. The van der Waals surface area contributed by atoms with Crippen LogP contribution in [0.25, 0.3) is 0 Å². The SMILES string of the molecule is CN(C)/C(=C\C(CCF)=[N+](C)C)CCF. The van der Waals surface area contributed by atoms with Crippen LogP contribution in [0.5, 0.6) is 0 Å². The number of hydrogen-bond acceptors (Lipinski definition) is 1. The van der Waals surface area contributed by atoms with Crippen LogP contribution in [0.1, 0.15) is 12.8 Å². The van der Waals surface area contributed by atoms with E-state index in [2.05, 4.69) is 0 Å². The highest BCUT2D eigenvalue weighted by molar-refractivity contribution is 5.91. The number of alkyl halides is 2. The first kappa shape index (κ1) is 14.1. The summed E-state index contributed by atoms with van der Waals surface area (Å²) >= 11 is 0. The molecule has 0 heterocycles. The molecule has 0 amide bonds. The first-order chi connectivity index (χ1) is 7.02. The molecule has 88 valence electrons. The molecule has 0 aliphatic carbocycles. The van der Waals surface area contributed by atoms with E-state index in [1.807, 2.05) is 43.7 Å². The first-order valence-corrected chi connectivity index (χ1v) is 5.06. The average molecular weight is 219 g/mol. The van der Waals surface area contributed by atoms with Crippen molar-refractivity contribution in [1.82, 2.24) is 4.90 Å². The maximum atomic E-state index is 12.3. The van der Waals surface area contributed by atoms with E-state index in [4.69, 9.17) is 0 Å². The van der Waals surface area contributed by atoms with Gasteiger partial charge in [0.2, 0.25) is 0 Å². The Kier molecular flexibility index (Phi) is 6.92. The fraction of sp³-hybridized carbons (Fsp3) is 0.727. The topological polar surface area (TPSA) is 6.25 Å². The molecule has 0 unspecified atom stereocenters. The van der Waals surface area contributed by atoms with Gasteiger partial charge in [-0.25, -0.2) is 4.58 Å². The third kappa shape index (κ3) is 5.50. The van der Waals surface area contributed by atoms with Crippen LogP contribution in [-0.2, 0) is 0 Å². The molecule has 0 fully saturated rings. The van der Waals surface area contributed by atoms with Gasteiger partial charge in [0.1, 0.15) is 14.1 Å². The molecule has 0 atom stereocenters. The van der Waals surface area contributed by atoms with Crippen LogP contribution in [0.4, 0.5) is 8.78 Å². The van der Waals surface area contributed by atoms with E-state index >= 15 is 0 Å². The van der Waals surface area contributed by atoms with Crippen molar-refractivity contribution in [2.45, 2.75) is 12.8 Å². The van der Waals surface area contributed by atoms with Crippen molar-refractivity contribution in [2.24, 2.45) is 0 Å². The molecule has 0 saturated heterocycles. The van der Waals surface area contributed by atoms with Crippen molar-refractivity contribution in [3.63, 3.8) is 0 Å². The molecule has 0 bridgehead atoms. The second-order valence-corrected chi connectivity index (χ2v) is 3.79. The summed E-state index contributed by atoms with van der Waals surface area (Å²) in [5.74, 6) is 0. The van der Waals surface area contributed by atoms with Crippen molar-refractivity contribution < 1.29 is 13.4 Å². The smallest absolute Gasteiger partial charge is 0.179 e. The quantitative estimate of drug-likeness (QED) is 0.488. The molecule has 0 radical (unpaired) electrons. The summed E-state index contributed by atoms with van der Waals surface area (Å²) in [4.78, 5) is 1.86. The van der Waals surface area contributed by atoms with Gasteiger partial charge >= 0.3 is 0 Å². The standard InChI is InChI=1S/C11H21F2N2/c1-14(2)10(5-7-12)9-11(6-8-13)15(3)4/h9H,5-8H2,1-4H3/q+1. The van der Waals surface area contributed by atoms with Crippen LogP contribution in [0.15, 0.2) is 11.8 Å². The minimum atomic E-state index is -0.389. The molecule has 0 N–H and O–H groups in total. The third-order valence-electron chi connectivity index (χ3n) is 2.18. The molecule has 0 aromatic heterocycles. The maximum absolute atomic E-state index is 12.3. The summed E-state index contributed by atoms with van der Waals surface area (Å²) in [6, 6.07) is 0. The maximum Gasteiger partial charge on any atom is 0.179 e. The minimum Gasteiger partial charge on any atom is -0.381 e. The van der Waals surface area contributed by atoms with E-state index in [1.165, 1.54) is 0 Å². The normalized spacial score (nSPS) is 11.5. The summed E-state index contributed by atoms with van der Waals surface area (Å²) in [6.07, 6.45) is 2.60. The van der Waals surface area contributed by atoms with Gasteiger partial charge in [-0.1, -0.05) is 0 Å². The van der Waals surface area contributed by atoms with Crippen molar-refractivity contribution in [1.29, 1.82) is 0 Å². The molecule has 4 heteroatoms. The molecule has 0 aliphatic heterocycles. The number of halogens is 2. The second kappa shape index (κ2) is 7.37. The Morgan fingerprint density at radius 3 is 2.00 bits per heavy atom. The summed E-state index contributed by atoms with van der Waals surface area (Å²) in [7, 11) is 7.46. The molecule has 0 rings (SSSR count). The van der Waals surface area contributed by atoms with E-state index in [0.29, 0.717) is 12.8 Å². The van der Waals surface area contributed by atoms with Gasteiger partial charge in [-0.2, -0.15) is 0 Å². The predicted molar refractivity (Wildman–Crippen MR) is 60.1 cm³/mol. The Balaban J connectivity index is 4.83. The molecule has 0 saturated carbocycles. The Bertz CT molecular complexity index is 241. The summed E-state index contributed by atoms with van der Waals surface area (Å²) in [5.41, 5.74) is 1.77. The van der Waals surface area contributed by atoms with Crippen LogP contribution in [0, 0.1) is 0 Å². The largest absolute Gasteiger partial charge is 0.381 e. The Morgan fingerprint density at radius 2 is 1.67 bits per heavy atom. The van der Waals surface area contributed by atoms with E-state index in [-0.39, 0.29) is 13.3 Å². The molecule has 0 spiro atoms. The van der Waals surface area contributed by atoms with E-state index in [1.54, 1.807) is 0 Å². The van der Waals surface area contributed by atoms with Crippen molar-refractivity contribution in [3.05, 3.63) is 11.8 Å². The summed E-state index contributed by atoms with van der Waals surface area (Å²) < 4.78 is 26.4. The van der Waals surface area contributed by atoms with Crippen molar-refractivity contribution in [2.75, 3.05) is 41.5 Å². The molecule has 2 nitrogen and oxygen atoms in total. The zero-order chi connectivity index (χ0) is 11.8. The van der Waals surface area contributed by atoms with Gasteiger partial charge in [0.15, 0.2) is 5.71 Å². The Morgan fingerprint density at radius 1 is 1.13 bits per heavy atom. The van der Waals surface area contributed by atoms with Gasteiger partial charge < -0.3 is 4.90 Å². The van der Waals surface area contributed by atoms with Gasteiger partial charge in [-0.15, -0.1) is 0 Å². The molecule has 0 aromatic rings. The second-order valence-electron chi connectivity index (χ2n) is 3.79. The third-order valence-corrected chi connectivity index (χ3v) is 2.18. The summed E-state index contributed by atoms with van der Waals surface area (Å²) in [6.45, 7) is -0.777. The highest BCUT2D eigenvalue weighted by Gasteiger charge is 2.08. The minimum absolute atomic E-state index is 0.372. The zero-order valence-corrected chi connectivity index (χ0v) is 10.1. The van der Waals surface area contributed by atoms with E-state index in [9.17, 15) is 8.78 Å². The number of rotatable bonds is 6. The van der Waals surface area contributed by atoms with Crippen LogP contribution in [0.3, 0.4) is 0 Å². The van der Waals surface area contributed by atoms with Gasteiger partial charge in [0, 0.05) is 32.3 Å². The number of hydrogen-bond donors (Lipinski definition) is 0. The van der Waals surface area contributed by atoms with E-state index < -0.39 is 0 Å². The fourth-order valence-electron chi connectivity index (χ4n) is 1.24. The van der Waals surface area contributed by atoms with Gasteiger partial charge in [0.05, 0.1) is 19.8 Å². The lowest BCUT2D eigenvalue weighted by Crippen LogP contribution is -2.18.